The summed E-state index contributed by atoms with van der Waals surface area (Å²) in [6.07, 6.45) is 2.98. The fourth-order valence-electron chi connectivity index (χ4n) is 2.44. The Labute approximate surface area is 144 Å². The number of rotatable bonds is 6. The molecule has 1 heterocycles. The molecular weight excluding hydrogens is 330 g/mol. The number of carbonyl (C=O) groups excluding carboxylic acids is 3. The van der Waals surface area contributed by atoms with Crippen molar-refractivity contribution in [3.63, 3.8) is 0 Å². The van der Waals surface area contributed by atoms with Crippen LogP contribution in [0.2, 0.25) is 0 Å². The molecule has 9 heteroatoms. The Morgan fingerprint density at radius 3 is 2.60 bits per heavy atom. The number of likely N-dealkylation sites (tertiary alicyclic amines) is 1. The van der Waals surface area contributed by atoms with Gasteiger partial charge in [0, 0.05) is 30.8 Å². The Morgan fingerprint density at radius 2 is 1.92 bits per heavy atom. The maximum atomic E-state index is 11.9. The van der Waals surface area contributed by atoms with Gasteiger partial charge >= 0.3 is 5.97 Å². The number of nitro benzene ring substituents is 1. The molecular formula is C16H19N3O6. The van der Waals surface area contributed by atoms with Gasteiger partial charge in [-0.05, 0) is 25.3 Å². The molecule has 0 saturated carbocycles. The van der Waals surface area contributed by atoms with Gasteiger partial charge in [0.15, 0.2) is 6.61 Å². The van der Waals surface area contributed by atoms with E-state index in [1.807, 2.05) is 0 Å². The molecule has 1 aliphatic rings. The second-order valence-corrected chi connectivity index (χ2v) is 5.59. The Kier molecular flexibility index (Phi) is 6.44. The van der Waals surface area contributed by atoms with E-state index in [4.69, 9.17) is 4.74 Å². The van der Waals surface area contributed by atoms with Crippen molar-refractivity contribution >= 4 is 23.5 Å². The lowest BCUT2D eigenvalue weighted by atomic mass is 10.1. The van der Waals surface area contributed by atoms with Gasteiger partial charge in [-0.2, -0.15) is 0 Å². The third-order valence-electron chi connectivity index (χ3n) is 3.78. The highest BCUT2D eigenvalue weighted by molar-refractivity contribution is 5.96. The van der Waals surface area contributed by atoms with Gasteiger partial charge in [-0.25, -0.2) is 0 Å². The number of benzene rings is 1. The van der Waals surface area contributed by atoms with Gasteiger partial charge in [0.2, 0.25) is 0 Å². The lowest BCUT2D eigenvalue weighted by molar-refractivity contribution is -0.384. The Balaban J connectivity index is 1.75. The van der Waals surface area contributed by atoms with Gasteiger partial charge in [-0.1, -0.05) is 6.07 Å². The summed E-state index contributed by atoms with van der Waals surface area (Å²) in [6, 6.07) is 5.15. The summed E-state index contributed by atoms with van der Waals surface area (Å²) in [5.74, 6) is -1.63. The fraction of sp³-hybridized carbons (Fsp3) is 0.438. The van der Waals surface area contributed by atoms with Crippen molar-refractivity contribution in [2.75, 3.05) is 26.2 Å². The molecule has 0 bridgehead atoms. The third-order valence-corrected chi connectivity index (χ3v) is 3.78. The van der Waals surface area contributed by atoms with Gasteiger partial charge in [-0.15, -0.1) is 0 Å². The highest BCUT2D eigenvalue weighted by atomic mass is 16.6. The largest absolute Gasteiger partial charge is 0.454 e. The SMILES string of the molecule is O=C(CNC(=O)c1cccc([N+](=O)[O-])c1)OCC(=O)N1CCCCC1. The van der Waals surface area contributed by atoms with Gasteiger partial charge < -0.3 is 15.0 Å². The van der Waals surface area contributed by atoms with Crippen molar-refractivity contribution in [2.45, 2.75) is 19.3 Å². The van der Waals surface area contributed by atoms with E-state index in [-0.39, 0.29) is 23.8 Å². The number of amides is 2. The second kappa shape index (κ2) is 8.76. The molecule has 1 fully saturated rings. The number of hydrogen-bond donors (Lipinski definition) is 1. The molecule has 0 spiro atoms. The van der Waals surface area contributed by atoms with E-state index in [1.54, 1.807) is 4.90 Å². The molecule has 0 atom stereocenters. The Morgan fingerprint density at radius 1 is 1.20 bits per heavy atom. The highest BCUT2D eigenvalue weighted by Gasteiger charge is 2.18. The van der Waals surface area contributed by atoms with Crippen molar-refractivity contribution < 1.29 is 24.0 Å². The van der Waals surface area contributed by atoms with Crippen LogP contribution in [-0.4, -0.2) is 53.8 Å². The van der Waals surface area contributed by atoms with Crippen molar-refractivity contribution in [1.29, 1.82) is 0 Å². The van der Waals surface area contributed by atoms with Crippen molar-refractivity contribution in [3.05, 3.63) is 39.9 Å². The quantitative estimate of drug-likeness (QED) is 0.462. The molecule has 1 aliphatic heterocycles. The molecule has 0 aromatic heterocycles. The molecule has 0 aliphatic carbocycles. The summed E-state index contributed by atoms with van der Waals surface area (Å²) < 4.78 is 4.85. The molecule has 2 rings (SSSR count). The number of carbonyl (C=O) groups is 3. The van der Waals surface area contributed by atoms with Crippen LogP contribution in [0.3, 0.4) is 0 Å². The van der Waals surface area contributed by atoms with Crippen LogP contribution < -0.4 is 5.32 Å². The van der Waals surface area contributed by atoms with E-state index in [9.17, 15) is 24.5 Å². The Bertz CT molecular complexity index is 670. The summed E-state index contributed by atoms with van der Waals surface area (Å²) >= 11 is 0. The van der Waals surface area contributed by atoms with Crippen LogP contribution in [0.25, 0.3) is 0 Å². The van der Waals surface area contributed by atoms with Crippen LogP contribution in [0.15, 0.2) is 24.3 Å². The number of esters is 1. The number of nitro groups is 1. The first-order valence-electron chi connectivity index (χ1n) is 7.93. The normalized spacial score (nSPS) is 13.8. The fourth-order valence-corrected chi connectivity index (χ4v) is 2.44. The first-order valence-corrected chi connectivity index (χ1v) is 7.93. The molecule has 2 amide bonds. The lowest BCUT2D eigenvalue weighted by Crippen LogP contribution is -2.39. The summed E-state index contributed by atoms with van der Waals surface area (Å²) in [5.41, 5.74) is -0.159. The number of piperidine rings is 1. The van der Waals surface area contributed by atoms with E-state index in [2.05, 4.69) is 5.32 Å². The van der Waals surface area contributed by atoms with Crippen LogP contribution in [-0.2, 0) is 14.3 Å². The molecule has 0 unspecified atom stereocenters. The molecule has 25 heavy (non-hydrogen) atoms. The van der Waals surface area contributed by atoms with Gasteiger partial charge in [0.25, 0.3) is 17.5 Å². The van der Waals surface area contributed by atoms with Crippen molar-refractivity contribution in [1.82, 2.24) is 10.2 Å². The summed E-state index contributed by atoms with van der Waals surface area (Å²) in [4.78, 5) is 47.1. The van der Waals surface area contributed by atoms with Gasteiger partial charge in [0.05, 0.1) is 4.92 Å². The third kappa shape index (κ3) is 5.55. The molecule has 1 N–H and O–H groups in total. The van der Waals surface area contributed by atoms with Crippen LogP contribution in [0.5, 0.6) is 0 Å². The second-order valence-electron chi connectivity index (χ2n) is 5.59. The van der Waals surface area contributed by atoms with E-state index in [1.165, 1.54) is 18.2 Å². The zero-order chi connectivity index (χ0) is 18.2. The van der Waals surface area contributed by atoms with E-state index < -0.39 is 23.3 Å². The minimum Gasteiger partial charge on any atom is -0.454 e. The topological polar surface area (TPSA) is 119 Å². The van der Waals surface area contributed by atoms with Gasteiger partial charge in [-0.3, -0.25) is 24.5 Å². The minimum atomic E-state index is -0.746. The Hall–Kier alpha value is -2.97. The highest BCUT2D eigenvalue weighted by Crippen LogP contribution is 2.12. The molecule has 0 radical (unpaired) electrons. The first kappa shape index (κ1) is 18.4. The number of ether oxygens (including phenoxy) is 1. The number of hydrogen-bond acceptors (Lipinski definition) is 6. The van der Waals surface area contributed by atoms with Gasteiger partial charge in [0.1, 0.15) is 6.54 Å². The van der Waals surface area contributed by atoms with E-state index in [0.29, 0.717) is 13.1 Å². The minimum absolute atomic E-state index is 0.0615. The maximum absolute atomic E-state index is 11.9. The van der Waals surface area contributed by atoms with E-state index in [0.717, 1.165) is 25.3 Å². The van der Waals surface area contributed by atoms with Crippen LogP contribution in [0.4, 0.5) is 5.69 Å². The zero-order valence-electron chi connectivity index (χ0n) is 13.6. The molecule has 134 valence electrons. The lowest BCUT2D eigenvalue weighted by Gasteiger charge is -2.26. The monoisotopic (exact) mass is 349 g/mol. The summed E-state index contributed by atoms with van der Waals surface area (Å²) in [6.45, 7) is 0.556. The molecule has 1 aromatic carbocycles. The smallest absolute Gasteiger partial charge is 0.325 e. The predicted octanol–water partition coefficient (Wildman–Crippen LogP) is 0.880. The number of nitrogens with one attached hydrogen (secondary N) is 1. The number of nitrogens with zero attached hydrogens (tertiary/aromatic N) is 2. The van der Waals surface area contributed by atoms with Crippen LogP contribution in [0.1, 0.15) is 29.6 Å². The van der Waals surface area contributed by atoms with Crippen molar-refractivity contribution in [3.8, 4) is 0 Å². The zero-order valence-corrected chi connectivity index (χ0v) is 13.6. The number of non-ortho nitro benzene ring substituents is 1. The average Bonchev–Trinajstić information content (AvgIpc) is 2.64. The van der Waals surface area contributed by atoms with Crippen molar-refractivity contribution in [2.24, 2.45) is 0 Å². The standard InChI is InChI=1S/C16H19N3O6/c20-14(18-7-2-1-3-8-18)11-25-15(21)10-17-16(22)12-5-4-6-13(9-12)19(23)24/h4-6,9H,1-3,7-8,10-11H2,(H,17,22). The molecule has 9 nitrogen and oxygen atoms in total. The predicted molar refractivity (Wildman–Crippen MR) is 86.8 cm³/mol. The van der Waals surface area contributed by atoms with Crippen LogP contribution in [0, 0.1) is 10.1 Å². The average molecular weight is 349 g/mol. The summed E-state index contributed by atoms with van der Waals surface area (Å²) in [5, 5.41) is 13.0. The first-order chi connectivity index (χ1) is 12.0. The molecule has 1 aromatic rings. The summed E-state index contributed by atoms with van der Waals surface area (Å²) in [7, 11) is 0. The van der Waals surface area contributed by atoms with Crippen LogP contribution >= 0.6 is 0 Å². The van der Waals surface area contributed by atoms with E-state index >= 15 is 0 Å². The maximum Gasteiger partial charge on any atom is 0.325 e. The molecule has 1 saturated heterocycles.